The van der Waals surface area contributed by atoms with Crippen LogP contribution in [0.3, 0.4) is 0 Å². The molecule has 1 atom stereocenters. The van der Waals surface area contributed by atoms with Crippen LogP contribution in [0.25, 0.3) is 0 Å². The number of hydrogen-bond acceptors (Lipinski definition) is 4. The van der Waals surface area contributed by atoms with E-state index in [-0.39, 0.29) is 12.1 Å². The number of pyridine rings is 1. The Morgan fingerprint density at radius 2 is 2.03 bits per heavy atom. The zero-order chi connectivity index (χ0) is 22.4. The predicted molar refractivity (Wildman–Crippen MR) is 129 cm³/mol. The third-order valence-electron chi connectivity index (χ3n) is 5.98. The van der Waals surface area contributed by atoms with Gasteiger partial charge in [0.15, 0.2) is 0 Å². The number of aliphatic hydroxyl groups is 1. The van der Waals surface area contributed by atoms with Crippen molar-refractivity contribution in [3.05, 3.63) is 68.3 Å². The summed E-state index contributed by atoms with van der Waals surface area (Å²) < 4.78 is 0. The van der Waals surface area contributed by atoms with Crippen LogP contribution in [0.1, 0.15) is 56.4 Å². The first kappa shape index (κ1) is 24.6. The Morgan fingerprint density at radius 3 is 2.57 bits per heavy atom. The molecule has 3 N–H and O–H groups in total. The highest BCUT2D eigenvalue weighted by molar-refractivity contribution is 9.09. The van der Waals surface area contributed by atoms with Crippen LogP contribution in [0.2, 0.25) is 0 Å². The highest BCUT2D eigenvalue weighted by atomic mass is 79.9. The van der Waals surface area contributed by atoms with Crippen molar-refractivity contribution in [2.75, 3.05) is 12.4 Å². The van der Waals surface area contributed by atoms with Gasteiger partial charge in [-0.2, -0.15) is 0 Å². The number of allylic oxidation sites excluding steroid dienone is 2. The van der Waals surface area contributed by atoms with Gasteiger partial charge >= 0.3 is 0 Å². The van der Waals surface area contributed by atoms with Crippen molar-refractivity contribution in [1.29, 1.82) is 0 Å². The largest absolute Gasteiger partial charge is 0.374 e. The molecule has 0 spiro atoms. The number of nitrogens with one attached hydrogen (secondary N) is 2. The lowest BCUT2D eigenvalue weighted by Crippen LogP contribution is -2.35. The Bertz CT molecular complexity index is 879. The molecule has 6 heteroatoms. The molecule has 30 heavy (non-hydrogen) atoms. The highest BCUT2D eigenvalue weighted by Crippen LogP contribution is 2.31. The van der Waals surface area contributed by atoms with Gasteiger partial charge in [0.05, 0.1) is 0 Å². The van der Waals surface area contributed by atoms with Gasteiger partial charge in [-0.05, 0) is 68.9 Å². The first-order valence-electron chi connectivity index (χ1n) is 10.6. The summed E-state index contributed by atoms with van der Waals surface area (Å²) in [7, 11) is 2.13. The molecule has 0 saturated heterocycles. The van der Waals surface area contributed by atoms with Crippen LogP contribution < -0.4 is 10.9 Å². The number of nitrogens with zero attached hydrogens (tertiary/aromatic N) is 1. The number of alkyl halides is 1. The molecule has 0 amide bonds. The van der Waals surface area contributed by atoms with Gasteiger partial charge in [-0.15, -0.1) is 0 Å². The molecule has 1 aromatic rings. The minimum atomic E-state index is -0.894. The Labute approximate surface area is 189 Å². The van der Waals surface area contributed by atoms with Gasteiger partial charge in [0, 0.05) is 41.9 Å². The fourth-order valence-corrected chi connectivity index (χ4v) is 4.81. The number of H-pyrrole nitrogens is 1. The first-order chi connectivity index (χ1) is 14.2. The molecule has 1 aromatic heterocycles. The quantitative estimate of drug-likeness (QED) is 0.279. The smallest absolute Gasteiger partial charge is 0.252 e. The summed E-state index contributed by atoms with van der Waals surface area (Å²) in [4.78, 5) is 17.5. The summed E-state index contributed by atoms with van der Waals surface area (Å²) in [5.41, 5.74) is 6.15. The zero-order valence-electron chi connectivity index (χ0n) is 18.9. The molecule has 166 valence electrons. The van der Waals surface area contributed by atoms with Crippen LogP contribution in [0, 0.1) is 13.8 Å². The Morgan fingerprint density at radius 1 is 1.40 bits per heavy atom. The highest BCUT2D eigenvalue weighted by Gasteiger charge is 2.25. The van der Waals surface area contributed by atoms with Gasteiger partial charge in [-0.1, -0.05) is 41.4 Å². The van der Waals surface area contributed by atoms with Gasteiger partial charge in [0.25, 0.3) is 5.56 Å². The minimum Gasteiger partial charge on any atom is -0.374 e. The lowest BCUT2D eigenvalue weighted by atomic mass is 9.98. The van der Waals surface area contributed by atoms with Crippen LogP contribution in [-0.2, 0) is 6.54 Å². The lowest BCUT2D eigenvalue weighted by molar-refractivity contribution is 0.171. The monoisotopic (exact) mass is 477 g/mol. The zero-order valence-corrected chi connectivity index (χ0v) is 20.5. The molecular formula is C24H36BrN3O2. The Kier molecular flexibility index (Phi) is 9.13. The summed E-state index contributed by atoms with van der Waals surface area (Å²) in [6, 6.07) is 2.46. The molecule has 0 aliphatic heterocycles. The van der Waals surface area contributed by atoms with Crippen LogP contribution in [0.15, 0.2) is 45.9 Å². The molecule has 1 unspecified atom stereocenters. The Balaban J connectivity index is 2.30. The van der Waals surface area contributed by atoms with Crippen LogP contribution in [0.4, 0.5) is 0 Å². The van der Waals surface area contributed by atoms with Gasteiger partial charge in [0.1, 0.15) is 6.23 Å². The molecule has 0 radical (unpaired) electrons. The number of aromatic amines is 1. The van der Waals surface area contributed by atoms with E-state index in [4.69, 9.17) is 0 Å². The maximum Gasteiger partial charge on any atom is 0.252 e. The number of hydrogen-bond donors (Lipinski definition) is 3. The molecule has 1 fully saturated rings. The van der Waals surface area contributed by atoms with E-state index >= 15 is 0 Å². The van der Waals surface area contributed by atoms with Crippen LogP contribution >= 0.6 is 15.9 Å². The normalized spacial score (nSPS) is 17.1. The number of rotatable bonds is 9. The summed E-state index contributed by atoms with van der Waals surface area (Å²) in [5.74, 6) is 0. The number of halogens is 1. The van der Waals surface area contributed by atoms with Gasteiger partial charge in [-0.3, -0.25) is 10.1 Å². The number of aryl methyl sites for hydroxylation is 2. The summed E-state index contributed by atoms with van der Waals surface area (Å²) >= 11 is 3.47. The van der Waals surface area contributed by atoms with Crippen molar-refractivity contribution in [3.8, 4) is 0 Å². The van der Waals surface area contributed by atoms with E-state index in [2.05, 4.69) is 44.8 Å². The number of aromatic nitrogens is 1. The SMILES string of the molecule is C=C(C)/C(=C(C)\C(=C/CBr)C(O)NCc1c(C)cc(C)[nH]c1=O)N(C)C1CCCC1. The summed E-state index contributed by atoms with van der Waals surface area (Å²) in [6.07, 6.45) is 5.98. The average Bonchev–Trinajstić information content (AvgIpc) is 3.19. The standard InChI is InChI=1S/C24H36BrN3O2/c1-15(2)22(28(6)19-9-7-8-10-19)18(5)20(11-12-25)23(29)26-14-21-16(3)13-17(4)27-24(21)30/h11,13,19,23,26,29H,1,7-10,12,14H2,2-6H3,(H,27,30)/b20-11+,22-18+. The van der Waals surface area contributed by atoms with E-state index < -0.39 is 6.23 Å². The second-order valence-corrected chi connectivity index (χ2v) is 8.99. The van der Waals surface area contributed by atoms with E-state index in [1.807, 2.05) is 39.8 Å². The number of likely N-dealkylation sites (N-methyl/N-ethyl adjacent to an activating group) is 1. The van der Waals surface area contributed by atoms with Crippen LogP contribution in [-0.4, -0.2) is 39.6 Å². The van der Waals surface area contributed by atoms with Gasteiger partial charge in [0.2, 0.25) is 0 Å². The molecular weight excluding hydrogens is 442 g/mol. The first-order valence-corrected chi connectivity index (χ1v) is 11.8. The van der Waals surface area contributed by atoms with E-state index in [1.165, 1.54) is 25.7 Å². The van der Waals surface area contributed by atoms with Crippen molar-refractivity contribution >= 4 is 15.9 Å². The number of aliphatic hydroxyl groups excluding tert-OH is 1. The molecule has 1 saturated carbocycles. The molecule has 0 aromatic carbocycles. The molecule has 5 nitrogen and oxygen atoms in total. The topological polar surface area (TPSA) is 68.4 Å². The van der Waals surface area contributed by atoms with Crippen molar-refractivity contribution in [1.82, 2.24) is 15.2 Å². The second-order valence-electron chi connectivity index (χ2n) is 8.34. The van der Waals surface area contributed by atoms with Crippen molar-refractivity contribution < 1.29 is 5.11 Å². The fourth-order valence-electron chi connectivity index (χ4n) is 4.46. The van der Waals surface area contributed by atoms with E-state index in [0.29, 0.717) is 16.9 Å². The predicted octanol–water partition coefficient (Wildman–Crippen LogP) is 4.45. The molecule has 1 heterocycles. The third-order valence-corrected chi connectivity index (χ3v) is 6.30. The van der Waals surface area contributed by atoms with Gasteiger partial charge in [-0.25, -0.2) is 0 Å². The van der Waals surface area contributed by atoms with E-state index in [1.54, 1.807) is 0 Å². The summed E-state index contributed by atoms with van der Waals surface area (Å²) in [6.45, 7) is 12.3. The molecule has 1 aliphatic carbocycles. The van der Waals surface area contributed by atoms with Crippen LogP contribution in [0.5, 0.6) is 0 Å². The lowest BCUT2D eigenvalue weighted by Gasteiger charge is -2.32. The maximum absolute atomic E-state index is 12.3. The Hall–Kier alpha value is -1.63. The van der Waals surface area contributed by atoms with Crippen molar-refractivity contribution in [2.45, 2.75) is 72.2 Å². The second kappa shape index (κ2) is 11.1. The van der Waals surface area contributed by atoms with E-state index in [0.717, 1.165) is 33.7 Å². The maximum atomic E-state index is 12.3. The van der Waals surface area contributed by atoms with E-state index in [9.17, 15) is 9.90 Å². The van der Waals surface area contributed by atoms with Crippen molar-refractivity contribution in [3.63, 3.8) is 0 Å². The van der Waals surface area contributed by atoms with Gasteiger partial charge < -0.3 is 15.0 Å². The fraction of sp³-hybridized carbons (Fsp3) is 0.542. The molecule has 2 rings (SSSR count). The minimum absolute atomic E-state index is 0.117. The molecule has 0 bridgehead atoms. The molecule has 1 aliphatic rings. The summed E-state index contributed by atoms with van der Waals surface area (Å²) in [5, 5.41) is 14.7. The average molecular weight is 478 g/mol. The van der Waals surface area contributed by atoms with Crippen molar-refractivity contribution in [2.24, 2.45) is 0 Å². The third kappa shape index (κ3) is 5.96.